The van der Waals surface area contributed by atoms with Crippen LogP contribution in [0.15, 0.2) is 48.5 Å². The molecule has 0 unspecified atom stereocenters. The van der Waals surface area contributed by atoms with E-state index in [-0.39, 0.29) is 5.91 Å². The standard InChI is InChI=1S/C16H17ClN2OS/c1-12-5-7-13(8-6-12)10-21-11-16(20)19-18-15-4-2-3-14(17)9-15/h2-9,18H,10-11H2,1H3,(H,19,20). The monoisotopic (exact) mass is 320 g/mol. The molecule has 0 saturated carbocycles. The highest BCUT2D eigenvalue weighted by molar-refractivity contribution is 7.99. The van der Waals surface area contributed by atoms with Crippen LogP contribution in [0.2, 0.25) is 5.02 Å². The van der Waals surface area contributed by atoms with Crippen molar-refractivity contribution in [1.82, 2.24) is 5.43 Å². The molecule has 110 valence electrons. The van der Waals surface area contributed by atoms with Crippen LogP contribution in [0, 0.1) is 6.92 Å². The Morgan fingerprint density at radius 1 is 1.19 bits per heavy atom. The summed E-state index contributed by atoms with van der Waals surface area (Å²) in [5.41, 5.74) is 8.73. The Balaban J connectivity index is 1.69. The molecule has 0 bridgehead atoms. The lowest BCUT2D eigenvalue weighted by Crippen LogP contribution is -2.30. The average Bonchev–Trinajstić information content (AvgIpc) is 2.47. The van der Waals surface area contributed by atoms with Gasteiger partial charge >= 0.3 is 0 Å². The van der Waals surface area contributed by atoms with E-state index in [0.29, 0.717) is 10.8 Å². The molecule has 0 saturated heterocycles. The van der Waals surface area contributed by atoms with Gasteiger partial charge < -0.3 is 0 Å². The number of hydrogen-bond acceptors (Lipinski definition) is 3. The fraction of sp³-hybridized carbons (Fsp3) is 0.188. The number of hydrazine groups is 1. The maximum atomic E-state index is 11.7. The van der Waals surface area contributed by atoms with Crippen molar-refractivity contribution in [3.8, 4) is 0 Å². The minimum atomic E-state index is -0.0629. The van der Waals surface area contributed by atoms with Crippen LogP contribution in [0.3, 0.4) is 0 Å². The third kappa shape index (κ3) is 5.69. The summed E-state index contributed by atoms with van der Waals surface area (Å²) in [4.78, 5) is 11.7. The van der Waals surface area contributed by atoms with Crippen molar-refractivity contribution in [2.24, 2.45) is 0 Å². The fourth-order valence-corrected chi connectivity index (χ4v) is 2.67. The molecule has 0 aromatic heterocycles. The highest BCUT2D eigenvalue weighted by Crippen LogP contribution is 2.14. The molecule has 0 fully saturated rings. The van der Waals surface area contributed by atoms with Gasteiger partial charge in [0.15, 0.2) is 0 Å². The van der Waals surface area contributed by atoms with Gasteiger partial charge in [-0.15, -0.1) is 11.8 Å². The van der Waals surface area contributed by atoms with Gasteiger partial charge in [-0.05, 0) is 30.7 Å². The summed E-state index contributed by atoms with van der Waals surface area (Å²) in [5.74, 6) is 1.17. The molecule has 0 spiro atoms. The molecular weight excluding hydrogens is 304 g/mol. The molecule has 3 nitrogen and oxygen atoms in total. The molecule has 2 aromatic carbocycles. The zero-order chi connectivity index (χ0) is 15.1. The number of nitrogens with one attached hydrogen (secondary N) is 2. The molecule has 5 heteroatoms. The summed E-state index contributed by atoms with van der Waals surface area (Å²) in [5, 5.41) is 0.628. The molecule has 1 amide bonds. The lowest BCUT2D eigenvalue weighted by atomic mass is 10.2. The first-order chi connectivity index (χ1) is 10.1. The Bertz CT molecular complexity index is 601. The van der Waals surface area contributed by atoms with Gasteiger partial charge in [-0.25, -0.2) is 0 Å². The number of carbonyl (C=O) groups is 1. The van der Waals surface area contributed by atoms with Gasteiger partial charge in [-0.1, -0.05) is 47.5 Å². The Hall–Kier alpha value is -1.65. The van der Waals surface area contributed by atoms with Gasteiger partial charge in [-0.2, -0.15) is 0 Å². The maximum Gasteiger partial charge on any atom is 0.248 e. The number of rotatable bonds is 6. The highest BCUT2D eigenvalue weighted by atomic mass is 35.5. The van der Waals surface area contributed by atoms with Gasteiger partial charge in [0.2, 0.25) is 5.91 Å². The van der Waals surface area contributed by atoms with E-state index in [1.165, 1.54) is 11.1 Å². The van der Waals surface area contributed by atoms with E-state index >= 15 is 0 Å². The highest BCUT2D eigenvalue weighted by Gasteiger charge is 2.02. The lowest BCUT2D eigenvalue weighted by molar-refractivity contribution is -0.118. The van der Waals surface area contributed by atoms with Gasteiger partial charge in [0, 0.05) is 10.8 Å². The van der Waals surface area contributed by atoms with E-state index in [1.807, 2.05) is 12.1 Å². The molecule has 0 atom stereocenters. The predicted octanol–water partition coefficient (Wildman–Crippen LogP) is 4.02. The van der Waals surface area contributed by atoms with E-state index < -0.39 is 0 Å². The molecule has 0 radical (unpaired) electrons. The summed E-state index contributed by atoms with van der Waals surface area (Å²) >= 11 is 7.45. The second-order valence-electron chi connectivity index (χ2n) is 4.66. The number of aryl methyl sites for hydroxylation is 1. The zero-order valence-corrected chi connectivity index (χ0v) is 13.3. The minimum Gasteiger partial charge on any atom is -0.299 e. The largest absolute Gasteiger partial charge is 0.299 e. The van der Waals surface area contributed by atoms with Crippen LogP contribution < -0.4 is 10.9 Å². The van der Waals surface area contributed by atoms with Crippen LogP contribution in [0.1, 0.15) is 11.1 Å². The van der Waals surface area contributed by atoms with Crippen LogP contribution in [-0.4, -0.2) is 11.7 Å². The second-order valence-corrected chi connectivity index (χ2v) is 6.08. The Morgan fingerprint density at radius 3 is 2.67 bits per heavy atom. The molecule has 21 heavy (non-hydrogen) atoms. The quantitative estimate of drug-likeness (QED) is 0.790. The topological polar surface area (TPSA) is 41.1 Å². The Morgan fingerprint density at radius 2 is 1.95 bits per heavy atom. The normalized spacial score (nSPS) is 10.2. The van der Waals surface area contributed by atoms with Crippen LogP contribution in [0.5, 0.6) is 0 Å². The number of hydrogen-bond donors (Lipinski definition) is 2. The average molecular weight is 321 g/mol. The summed E-state index contributed by atoms with van der Waals surface area (Å²) in [6.07, 6.45) is 0. The summed E-state index contributed by atoms with van der Waals surface area (Å²) in [7, 11) is 0. The molecule has 0 aliphatic carbocycles. The summed E-state index contributed by atoms with van der Waals surface area (Å²) in [6.45, 7) is 2.06. The maximum absolute atomic E-state index is 11.7. The first-order valence-electron chi connectivity index (χ1n) is 6.57. The van der Waals surface area contributed by atoms with Crippen molar-refractivity contribution < 1.29 is 4.79 Å². The molecule has 2 aromatic rings. The smallest absolute Gasteiger partial charge is 0.248 e. The number of thioether (sulfide) groups is 1. The van der Waals surface area contributed by atoms with Crippen molar-refractivity contribution in [3.63, 3.8) is 0 Å². The zero-order valence-electron chi connectivity index (χ0n) is 11.7. The van der Waals surface area contributed by atoms with E-state index in [1.54, 1.807) is 23.9 Å². The van der Waals surface area contributed by atoms with Crippen molar-refractivity contribution in [1.29, 1.82) is 0 Å². The summed E-state index contributed by atoms with van der Waals surface area (Å²) in [6, 6.07) is 15.5. The molecule has 0 aliphatic heterocycles. The summed E-state index contributed by atoms with van der Waals surface area (Å²) < 4.78 is 0. The van der Waals surface area contributed by atoms with Crippen molar-refractivity contribution in [2.45, 2.75) is 12.7 Å². The number of anilines is 1. The van der Waals surface area contributed by atoms with E-state index in [9.17, 15) is 4.79 Å². The van der Waals surface area contributed by atoms with Crippen LogP contribution in [0.4, 0.5) is 5.69 Å². The van der Waals surface area contributed by atoms with Crippen LogP contribution in [-0.2, 0) is 10.5 Å². The second kappa shape index (κ2) is 7.96. The van der Waals surface area contributed by atoms with E-state index in [4.69, 9.17) is 11.6 Å². The predicted molar refractivity (Wildman–Crippen MR) is 90.6 cm³/mol. The number of amides is 1. The number of carbonyl (C=O) groups excluding carboxylic acids is 1. The molecule has 2 rings (SSSR count). The number of halogens is 1. The third-order valence-corrected chi connectivity index (χ3v) is 4.03. The molecule has 2 N–H and O–H groups in total. The SMILES string of the molecule is Cc1ccc(CSCC(=O)NNc2cccc(Cl)c2)cc1. The van der Waals surface area contributed by atoms with Crippen molar-refractivity contribution in [2.75, 3.05) is 11.2 Å². The first-order valence-corrected chi connectivity index (χ1v) is 8.10. The fourth-order valence-electron chi connectivity index (χ4n) is 1.69. The van der Waals surface area contributed by atoms with Crippen LogP contribution >= 0.6 is 23.4 Å². The van der Waals surface area contributed by atoms with Crippen molar-refractivity contribution in [3.05, 3.63) is 64.7 Å². The van der Waals surface area contributed by atoms with Crippen molar-refractivity contribution >= 4 is 35.0 Å². The van der Waals surface area contributed by atoms with Gasteiger partial charge in [-0.3, -0.25) is 15.6 Å². The first kappa shape index (κ1) is 15.7. The van der Waals surface area contributed by atoms with E-state index in [0.717, 1.165) is 11.4 Å². The lowest BCUT2D eigenvalue weighted by Gasteiger charge is -2.08. The third-order valence-electron chi connectivity index (χ3n) is 2.79. The van der Waals surface area contributed by atoms with Crippen LogP contribution in [0.25, 0.3) is 0 Å². The molecule has 0 heterocycles. The molecule has 0 aliphatic rings. The molecular formula is C16H17ClN2OS. The number of benzene rings is 2. The minimum absolute atomic E-state index is 0.0629. The van der Waals surface area contributed by atoms with Gasteiger partial charge in [0.05, 0.1) is 11.4 Å². The van der Waals surface area contributed by atoms with Gasteiger partial charge in [0.25, 0.3) is 0 Å². The Kier molecular flexibility index (Phi) is 5.96. The van der Waals surface area contributed by atoms with E-state index in [2.05, 4.69) is 42.0 Å². The Labute approximate surface area is 134 Å². The van der Waals surface area contributed by atoms with Gasteiger partial charge in [0.1, 0.15) is 0 Å².